The van der Waals surface area contributed by atoms with Crippen LogP contribution < -0.4 is 10.5 Å². The normalized spacial score (nSPS) is 22.0. The molecule has 1 aromatic rings. The van der Waals surface area contributed by atoms with Crippen LogP contribution in [0.2, 0.25) is 0 Å². The quantitative estimate of drug-likeness (QED) is 0.797. The zero-order chi connectivity index (χ0) is 18.4. The summed E-state index contributed by atoms with van der Waals surface area (Å²) in [6.07, 6.45) is 4.36. The average Bonchev–Trinajstić information content (AvgIpc) is 2.68. The molecular weight excluding hydrogens is 330 g/mol. The number of carbonyl (C=O) groups is 1. The third-order valence-electron chi connectivity index (χ3n) is 5.49. The second-order valence-corrected chi connectivity index (χ2v) is 7.59. The Labute approximate surface area is 155 Å². The zero-order valence-corrected chi connectivity index (χ0v) is 15.5. The molecule has 0 spiro atoms. The predicted molar refractivity (Wildman–Crippen MR) is 101 cm³/mol. The van der Waals surface area contributed by atoms with Crippen LogP contribution in [-0.4, -0.2) is 71.8 Å². The second-order valence-electron chi connectivity index (χ2n) is 7.59. The Balaban J connectivity index is 1.40. The van der Waals surface area contributed by atoms with E-state index in [0.29, 0.717) is 19.6 Å². The molecule has 2 aliphatic rings. The molecular formula is C20H31N3O3. The van der Waals surface area contributed by atoms with E-state index < -0.39 is 11.6 Å². The van der Waals surface area contributed by atoms with E-state index >= 15 is 0 Å². The number of nitrogens with zero attached hydrogens (tertiary/aromatic N) is 2. The van der Waals surface area contributed by atoms with Crippen molar-refractivity contribution in [2.75, 3.05) is 39.3 Å². The van der Waals surface area contributed by atoms with Crippen LogP contribution in [0.1, 0.15) is 32.1 Å². The van der Waals surface area contributed by atoms with Crippen LogP contribution in [0.15, 0.2) is 30.3 Å². The van der Waals surface area contributed by atoms with Crippen LogP contribution in [0.25, 0.3) is 0 Å². The summed E-state index contributed by atoms with van der Waals surface area (Å²) in [5.41, 5.74) is 5.73. The number of carbonyl (C=O) groups excluding carboxylic acids is 1. The van der Waals surface area contributed by atoms with E-state index in [4.69, 9.17) is 10.5 Å². The number of ether oxygens (including phenoxy) is 1. The monoisotopic (exact) mass is 361 g/mol. The van der Waals surface area contributed by atoms with Gasteiger partial charge < -0.3 is 20.5 Å². The fraction of sp³-hybridized carbons (Fsp3) is 0.650. The minimum atomic E-state index is -0.649. The number of piperazine rings is 1. The molecule has 144 valence electrons. The van der Waals surface area contributed by atoms with Crippen LogP contribution >= 0.6 is 0 Å². The lowest BCUT2D eigenvalue weighted by atomic mass is 9.81. The van der Waals surface area contributed by atoms with E-state index in [9.17, 15) is 9.90 Å². The van der Waals surface area contributed by atoms with Crippen molar-refractivity contribution < 1.29 is 14.6 Å². The van der Waals surface area contributed by atoms with Crippen molar-refractivity contribution in [2.45, 2.75) is 43.7 Å². The number of aliphatic hydroxyl groups is 1. The van der Waals surface area contributed by atoms with E-state index in [0.717, 1.165) is 44.5 Å². The lowest BCUT2D eigenvalue weighted by Crippen LogP contribution is -2.60. The van der Waals surface area contributed by atoms with Crippen LogP contribution in [0, 0.1) is 0 Å². The molecule has 1 heterocycles. The molecule has 1 atom stereocenters. The summed E-state index contributed by atoms with van der Waals surface area (Å²) in [5, 5.41) is 10.2. The molecule has 1 aliphatic heterocycles. The number of hydrogen-bond donors (Lipinski definition) is 2. The third kappa shape index (κ3) is 4.96. The van der Waals surface area contributed by atoms with E-state index in [1.54, 1.807) is 0 Å². The molecule has 1 saturated heterocycles. The summed E-state index contributed by atoms with van der Waals surface area (Å²) in [5.74, 6) is 0.882. The topological polar surface area (TPSA) is 79.0 Å². The van der Waals surface area contributed by atoms with Crippen LogP contribution in [-0.2, 0) is 4.79 Å². The predicted octanol–water partition coefficient (Wildman–Crippen LogP) is 1.23. The highest BCUT2D eigenvalue weighted by Crippen LogP contribution is 2.28. The van der Waals surface area contributed by atoms with Gasteiger partial charge in [-0.25, -0.2) is 0 Å². The summed E-state index contributed by atoms with van der Waals surface area (Å²) >= 11 is 0. The molecule has 26 heavy (non-hydrogen) atoms. The minimum absolute atomic E-state index is 0.116. The molecule has 0 radical (unpaired) electrons. The maximum Gasteiger partial charge on any atom is 0.242 e. The Bertz CT molecular complexity index is 567. The fourth-order valence-electron chi connectivity index (χ4n) is 3.90. The number of benzene rings is 1. The summed E-state index contributed by atoms with van der Waals surface area (Å²) in [7, 11) is 0. The van der Waals surface area contributed by atoms with E-state index in [-0.39, 0.29) is 12.5 Å². The highest BCUT2D eigenvalue weighted by molar-refractivity contribution is 5.86. The first-order chi connectivity index (χ1) is 12.6. The largest absolute Gasteiger partial charge is 0.491 e. The van der Waals surface area contributed by atoms with Gasteiger partial charge in [-0.2, -0.15) is 0 Å². The summed E-state index contributed by atoms with van der Waals surface area (Å²) in [6, 6.07) is 9.52. The number of aliphatic hydroxyl groups excluding tert-OH is 1. The Morgan fingerprint density at radius 2 is 1.77 bits per heavy atom. The van der Waals surface area contributed by atoms with Gasteiger partial charge in [0.15, 0.2) is 0 Å². The van der Waals surface area contributed by atoms with Crippen molar-refractivity contribution in [2.24, 2.45) is 5.73 Å². The van der Waals surface area contributed by atoms with Gasteiger partial charge in [0.25, 0.3) is 0 Å². The van der Waals surface area contributed by atoms with Crippen molar-refractivity contribution >= 4 is 5.91 Å². The maximum atomic E-state index is 12.8. The summed E-state index contributed by atoms with van der Waals surface area (Å²) in [6.45, 7) is 3.74. The highest BCUT2D eigenvalue weighted by Gasteiger charge is 2.39. The van der Waals surface area contributed by atoms with Crippen LogP contribution in [0.5, 0.6) is 5.75 Å². The molecule has 1 aromatic carbocycles. The van der Waals surface area contributed by atoms with Crippen LogP contribution in [0.3, 0.4) is 0 Å². The van der Waals surface area contributed by atoms with Gasteiger partial charge in [0.05, 0.1) is 5.54 Å². The number of hydrogen-bond acceptors (Lipinski definition) is 5. The van der Waals surface area contributed by atoms with E-state index in [1.165, 1.54) is 6.42 Å². The zero-order valence-electron chi connectivity index (χ0n) is 15.5. The van der Waals surface area contributed by atoms with Gasteiger partial charge in [-0.05, 0) is 25.0 Å². The minimum Gasteiger partial charge on any atom is -0.491 e. The third-order valence-corrected chi connectivity index (χ3v) is 5.49. The standard InChI is InChI=1S/C20H31N3O3/c21-20(9-5-2-6-10-20)19(25)23-13-11-22(12-14-23)15-17(24)16-26-18-7-3-1-4-8-18/h1,3-4,7-8,17,24H,2,5-6,9-16,21H2. The second kappa shape index (κ2) is 8.84. The van der Waals surface area contributed by atoms with Crippen molar-refractivity contribution in [3.8, 4) is 5.75 Å². The number of β-amino-alcohol motifs (C(OH)–C–C–N with tert-alkyl or cyclic N) is 1. The van der Waals surface area contributed by atoms with Gasteiger partial charge in [0, 0.05) is 32.7 Å². The molecule has 3 N–H and O–H groups in total. The Morgan fingerprint density at radius 1 is 1.12 bits per heavy atom. The average molecular weight is 361 g/mol. The number of para-hydroxylation sites is 1. The van der Waals surface area contributed by atoms with E-state index in [1.807, 2.05) is 35.2 Å². The SMILES string of the molecule is NC1(C(=O)N2CCN(CC(O)COc3ccccc3)CC2)CCCCC1. The van der Waals surface area contributed by atoms with Crippen molar-refractivity contribution in [3.63, 3.8) is 0 Å². The van der Waals surface area contributed by atoms with Gasteiger partial charge >= 0.3 is 0 Å². The van der Waals surface area contributed by atoms with Gasteiger partial charge in [-0.15, -0.1) is 0 Å². The first-order valence-electron chi connectivity index (χ1n) is 9.73. The molecule has 6 nitrogen and oxygen atoms in total. The highest BCUT2D eigenvalue weighted by atomic mass is 16.5. The lowest BCUT2D eigenvalue weighted by Gasteiger charge is -2.41. The molecule has 1 saturated carbocycles. The molecule has 1 aliphatic carbocycles. The van der Waals surface area contributed by atoms with Crippen LogP contribution in [0.4, 0.5) is 0 Å². The van der Waals surface area contributed by atoms with Crippen molar-refractivity contribution in [1.29, 1.82) is 0 Å². The summed E-state index contributed by atoms with van der Waals surface area (Å²) in [4.78, 5) is 16.9. The summed E-state index contributed by atoms with van der Waals surface area (Å²) < 4.78 is 5.60. The smallest absolute Gasteiger partial charge is 0.242 e. The lowest BCUT2D eigenvalue weighted by molar-refractivity contribution is -0.140. The molecule has 0 aromatic heterocycles. The Hall–Kier alpha value is -1.63. The maximum absolute atomic E-state index is 12.8. The first-order valence-corrected chi connectivity index (χ1v) is 9.73. The van der Waals surface area contributed by atoms with Gasteiger partial charge in [-0.1, -0.05) is 37.5 Å². The molecule has 1 amide bonds. The molecule has 0 bridgehead atoms. The van der Waals surface area contributed by atoms with Crippen molar-refractivity contribution in [1.82, 2.24) is 9.80 Å². The fourth-order valence-corrected chi connectivity index (χ4v) is 3.90. The van der Waals surface area contributed by atoms with Gasteiger partial charge in [0.2, 0.25) is 5.91 Å². The van der Waals surface area contributed by atoms with Crippen molar-refractivity contribution in [3.05, 3.63) is 30.3 Å². The van der Waals surface area contributed by atoms with E-state index in [2.05, 4.69) is 4.90 Å². The van der Waals surface area contributed by atoms with Gasteiger partial charge in [-0.3, -0.25) is 9.69 Å². The Morgan fingerprint density at radius 3 is 2.42 bits per heavy atom. The molecule has 1 unspecified atom stereocenters. The number of rotatable bonds is 6. The Kier molecular flexibility index (Phi) is 6.51. The first kappa shape index (κ1) is 19.1. The molecule has 2 fully saturated rings. The number of amides is 1. The molecule has 3 rings (SSSR count). The van der Waals surface area contributed by atoms with Gasteiger partial charge in [0.1, 0.15) is 18.5 Å². The molecule has 6 heteroatoms. The number of nitrogens with two attached hydrogens (primary N) is 1.